The number of carboxylic acids is 1. The van der Waals surface area contributed by atoms with E-state index in [4.69, 9.17) is 29.1 Å². The molecule has 280 valence electrons. The smallest absolute Gasteiger partial charge is 0.336 e. The Balaban J connectivity index is 1.33. The summed E-state index contributed by atoms with van der Waals surface area (Å²) in [6, 6.07) is 18.6. The number of hydrogen-bond donors (Lipinski definition) is 9. The number of nitrogen functional groups attached to an aromatic ring is 1. The molecular weight excluding hydrogens is 696 g/mol. The molecule has 0 bridgehead atoms. The molecule has 5 aromatic rings. The van der Waals surface area contributed by atoms with Crippen LogP contribution in [0.5, 0.6) is 28.7 Å². The second-order valence-corrected chi connectivity index (χ2v) is 12.5. The molecule has 3 heterocycles. The van der Waals surface area contributed by atoms with Crippen LogP contribution in [0.3, 0.4) is 0 Å². The summed E-state index contributed by atoms with van der Waals surface area (Å²) in [4.78, 5) is 28.7. The number of aliphatic hydroxyl groups excluding tert-OH is 3. The maximum atomic E-state index is 13.5. The van der Waals surface area contributed by atoms with E-state index >= 15 is 0 Å². The zero-order valence-electron chi connectivity index (χ0n) is 28.0. The average Bonchev–Trinajstić information content (AvgIpc) is 3.55. The lowest BCUT2D eigenvalue weighted by Gasteiger charge is -2.46. The quantitative estimate of drug-likeness (QED) is 0.0793. The molecule has 1 saturated heterocycles. The highest BCUT2D eigenvalue weighted by Crippen LogP contribution is 2.45. The zero-order valence-corrected chi connectivity index (χ0v) is 28.0. The highest BCUT2D eigenvalue weighted by atomic mass is 16.7. The van der Waals surface area contributed by atoms with Crippen molar-refractivity contribution < 1.29 is 63.9 Å². The van der Waals surface area contributed by atoms with Gasteiger partial charge in [-0.15, -0.1) is 0 Å². The molecule has 53 heavy (non-hydrogen) atoms. The number of carboxylic acid groups (broad SMARTS) is 1. The van der Waals surface area contributed by atoms with Crippen molar-refractivity contribution in [2.45, 2.75) is 56.1 Å². The summed E-state index contributed by atoms with van der Waals surface area (Å²) in [6.07, 6.45) is -8.22. The Morgan fingerprint density at radius 2 is 1.77 bits per heavy atom. The van der Waals surface area contributed by atoms with Crippen LogP contribution in [0.2, 0.25) is 0 Å². The third-order valence-corrected chi connectivity index (χ3v) is 8.80. The SMILES string of the molecule is Nc1ccc(CCOc2ccc(-c3cc(=O)c4c(O)c(OCc5cccc(O)c5)c(O[C@@H]5O[C@H](C(=O)O)[C@](O)(CCCO)[C@@H](O)[C@H]5O)cc4o3)cc2)[nH]1. The Morgan fingerprint density at radius 1 is 1.00 bits per heavy atom. The lowest BCUT2D eigenvalue weighted by Crippen LogP contribution is -2.68. The van der Waals surface area contributed by atoms with Crippen molar-refractivity contribution in [2.75, 3.05) is 18.9 Å². The van der Waals surface area contributed by atoms with Crippen LogP contribution >= 0.6 is 0 Å². The normalized spacial score (nSPS) is 21.4. The molecule has 1 aliphatic heterocycles. The zero-order chi connectivity index (χ0) is 37.9. The third kappa shape index (κ3) is 7.86. The molecule has 0 aliphatic carbocycles. The van der Waals surface area contributed by atoms with E-state index in [0.29, 0.717) is 35.7 Å². The van der Waals surface area contributed by atoms with Crippen LogP contribution in [-0.2, 0) is 22.6 Å². The summed E-state index contributed by atoms with van der Waals surface area (Å²) in [6.45, 7) is -0.340. The Bertz CT molecular complexity index is 2130. The predicted molar refractivity (Wildman–Crippen MR) is 187 cm³/mol. The molecule has 5 atom stereocenters. The number of phenolic OH excluding ortho intramolecular Hbond substituents is 2. The molecule has 16 nitrogen and oxygen atoms in total. The molecule has 10 N–H and O–H groups in total. The van der Waals surface area contributed by atoms with E-state index in [-0.39, 0.29) is 35.5 Å². The minimum atomic E-state index is -2.51. The van der Waals surface area contributed by atoms with Crippen LogP contribution in [0.25, 0.3) is 22.3 Å². The fraction of sp³-hybridized carbons (Fsp3) is 0.297. The maximum Gasteiger partial charge on any atom is 0.336 e. The Morgan fingerprint density at radius 3 is 2.45 bits per heavy atom. The van der Waals surface area contributed by atoms with Gasteiger partial charge in [-0.3, -0.25) is 4.79 Å². The van der Waals surface area contributed by atoms with Crippen LogP contribution in [-0.4, -0.2) is 90.1 Å². The number of aromatic amines is 1. The highest BCUT2D eigenvalue weighted by molar-refractivity contribution is 5.89. The third-order valence-electron chi connectivity index (χ3n) is 8.80. The molecule has 2 aromatic heterocycles. The first-order chi connectivity index (χ1) is 25.4. The number of anilines is 1. The maximum absolute atomic E-state index is 13.5. The summed E-state index contributed by atoms with van der Waals surface area (Å²) in [5, 5.41) is 73.1. The fourth-order valence-electron chi connectivity index (χ4n) is 6.10. The molecule has 0 spiro atoms. The molecule has 6 rings (SSSR count). The number of aromatic nitrogens is 1. The highest BCUT2D eigenvalue weighted by Gasteiger charge is 2.58. The standard InChI is InChI=1S/C37H38N2O14/c38-28-10-7-21(39-28)11-14-49-23-8-5-20(6-9-23)25-16-24(42)29-26(51-25)17-27(32(30(29)43)50-18-19-3-1-4-22(41)15-19)52-36-31(44)33(45)37(48,12-2-13-40)34(53-36)35(46)47/h1,3-10,15-17,31,33-34,36,39-41,43-45,48H,2,11-14,18,38H2,(H,46,47)/t31-,33+,34-,36-,37+/m1/s1. The Hall–Kier alpha value is -5.78. The average molecular weight is 735 g/mol. The van der Waals surface area contributed by atoms with E-state index < -0.39 is 71.9 Å². The van der Waals surface area contributed by atoms with E-state index in [9.17, 15) is 45.3 Å². The van der Waals surface area contributed by atoms with Gasteiger partial charge in [0.25, 0.3) is 0 Å². The van der Waals surface area contributed by atoms with Crippen molar-refractivity contribution in [3.63, 3.8) is 0 Å². The van der Waals surface area contributed by atoms with Crippen molar-refractivity contribution in [1.82, 2.24) is 4.98 Å². The molecular formula is C37H38N2O14. The Labute approximate surface area is 300 Å². The topological polar surface area (TPSA) is 268 Å². The van der Waals surface area contributed by atoms with Crippen molar-refractivity contribution in [2.24, 2.45) is 0 Å². The van der Waals surface area contributed by atoms with Gasteiger partial charge in [0.2, 0.25) is 12.0 Å². The van der Waals surface area contributed by atoms with Gasteiger partial charge in [-0.05, 0) is 66.9 Å². The van der Waals surface area contributed by atoms with E-state index in [1.807, 2.05) is 6.07 Å². The molecule has 0 amide bonds. The molecule has 3 aromatic carbocycles. The van der Waals surface area contributed by atoms with Gasteiger partial charge in [0.05, 0.1) is 6.61 Å². The predicted octanol–water partition coefficient (Wildman–Crippen LogP) is 2.40. The van der Waals surface area contributed by atoms with Gasteiger partial charge in [-0.1, -0.05) is 12.1 Å². The number of aromatic hydroxyl groups is 2. The van der Waals surface area contributed by atoms with Crippen LogP contribution in [0, 0.1) is 0 Å². The number of benzene rings is 3. The number of aliphatic hydroxyl groups is 4. The first-order valence-corrected chi connectivity index (χ1v) is 16.5. The van der Waals surface area contributed by atoms with E-state index in [0.717, 1.165) is 11.8 Å². The number of ether oxygens (including phenoxy) is 4. The van der Waals surface area contributed by atoms with Gasteiger partial charge in [0.15, 0.2) is 23.0 Å². The van der Waals surface area contributed by atoms with E-state index in [1.165, 1.54) is 18.2 Å². The van der Waals surface area contributed by atoms with E-state index in [1.54, 1.807) is 42.5 Å². The van der Waals surface area contributed by atoms with Gasteiger partial charge in [-0.2, -0.15) is 0 Å². The number of nitrogens with one attached hydrogen (secondary N) is 1. The second kappa shape index (κ2) is 15.4. The van der Waals surface area contributed by atoms with Crippen molar-refractivity contribution >= 4 is 22.8 Å². The van der Waals surface area contributed by atoms with Crippen LogP contribution < -0.4 is 25.4 Å². The summed E-state index contributed by atoms with van der Waals surface area (Å²) >= 11 is 0. The van der Waals surface area contributed by atoms with Crippen LogP contribution in [0.1, 0.15) is 24.1 Å². The number of hydrogen-bond acceptors (Lipinski definition) is 14. The van der Waals surface area contributed by atoms with Crippen LogP contribution in [0.15, 0.2) is 82.0 Å². The monoisotopic (exact) mass is 734 g/mol. The fourth-order valence-corrected chi connectivity index (χ4v) is 6.10. The van der Waals surface area contributed by atoms with Gasteiger partial charge >= 0.3 is 5.97 Å². The summed E-state index contributed by atoms with van der Waals surface area (Å²) < 4.78 is 29.0. The summed E-state index contributed by atoms with van der Waals surface area (Å²) in [7, 11) is 0. The second-order valence-electron chi connectivity index (χ2n) is 12.5. The number of rotatable bonds is 14. The molecule has 0 saturated carbocycles. The largest absolute Gasteiger partial charge is 0.508 e. The van der Waals surface area contributed by atoms with Crippen molar-refractivity contribution in [1.29, 1.82) is 0 Å². The van der Waals surface area contributed by atoms with E-state index in [2.05, 4.69) is 4.98 Å². The minimum absolute atomic E-state index is 0.0682. The number of fused-ring (bicyclic) bond motifs is 1. The summed E-state index contributed by atoms with van der Waals surface area (Å²) in [5.74, 6) is -2.13. The first kappa shape index (κ1) is 37.0. The van der Waals surface area contributed by atoms with Gasteiger partial charge < -0.3 is 69.8 Å². The molecule has 1 fully saturated rings. The van der Waals surface area contributed by atoms with Gasteiger partial charge in [0.1, 0.15) is 58.5 Å². The molecule has 0 radical (unpaired) electrons. The summed E-state index contributed by atoms with van der Waals surface area (Å²) in [5.41, 5.74) is 4.18. The van der Waals surface area contributed by atoms with Crippen molar-refractivity contribution in [3.8, 4) is 40.1 Å². The lowest BCUT2D eigenvalue weighted by molar-refractivity contribution is -0.306. The molecule has 0 unspecified atom stereocenters. The Kier molecular flexibility index (Phi) is 10.8. The van der Waals surface area contributed by atoms with Crippen molar-refractivity contribution in [3.05, 3.63) is 94.3 Å². The van der Waals surface area contributed by atoms with Crippen LogP contribution in [0.4, 0.5) is 5.82 Å². The number of aliphatic carboxylic acids is 1. The lowest BCUT2D eigenvalue weighted by atomic mass is 9.80. The number of H-pyrrole nitrogens is 1. The molecule has 1 aliphatic rings. The first-order valence-electron chi connectivity index (χ1n) is 16.5. The van der Waals surface area contributed by atoms with Gasteiger partial charge in [-0.25, -0.2) is 4.79 Å². The van der Waals surface area contributed by atoms with Gasteiger partial charge in [0, 0.05) is 36.4 Å². The number of nitrogens with two attached hydrogens (primary N) is 1. The molecule has 16 heteroatoms. The number of carbonyl (C=O) groups is 1. The minimum Gasteiger partial charge on any atom is -0.508 e. The number of phenols is 2.